The molecule has 0 fully saturated rings. The van der Waals surface area contributed by atoms with Crippen LogP contribution in [0, 0.1) is 0 Å². The van der Waals surface area contributed by atoms with Crippen molar-refractivity contribution in [2.24, 2.45) is 0 Å². The Bertz CT molecular complexity index is 2140. The van der Waals surface area contributed by atoms with Gasteiger partial charge in [0.25, 0.3) is 0 Å². The fraction of sp³-hybridized carbons (Fsp3) is 0.351. The third kappa shape index (κ3) is 10.2. The summed E-state index contributed by atoms with van der Waals surface area (Å²) in [6.07, 6.45) is 4.68. The Balaban J connectivity index is 0.000000243. The molecule has 15 nitrogen and oxygen atoms in total. The van der Waals surface area contributed by atoms with Gasteiger partial charge in [0.15, 0.2) is 33.0 Å². The number of ether oxygens (including phenoxy) is 4. The van der Waals surface area contributed by atoms with E-state index in [0.29, 0.717) is 23.7 Å². The van der Waals surface area contributed by atoms with Crippen molar-refractivity contribution in [1.29, 1.82) is 0 Å². The maximum Gasteiger partial charge on any atom is 0.225 e. The first-order valence-electron chi connectivity index (χ1n) is 17.0. The van der Waals surface area contributed by atoms with E-state index >= 15 is 0 Å². The average molecular weight is 781 g/mol. The number of methoxy groups -OCH3 is 2. The average Bonchev–Trinajstić information content (AvgIpc) is 3.67. The summed E-state index contributed by atoms with van der Waals surface area (Å²) in [5.74, 6) is 3.58. The van der Waals surface area contributed by atoms with Gasteiger partial charge in [-0.25, -0.2) is 18.4 Å². The van der Waals surface area contributed by atoms with Crippen molar-refractivity contribution in [2.45, 2.75) is 63.8 Å². The Kier molecular flexibility index (Phi) is 13.9. The lowest BCUT2D eigenvalue weighted by atomic mass is 9.97. The Morgan fingerprint density at radius 1 is 0.815 bits per heavy atom. The van der Waals surface area contributed by atoms with Gasteiger partial charge in [-0.15, -0.1) is 0 Å². The molecule has 0 unspecified atom stereocenters. The van der Waals surface area contributed by atoms with Gasteiger partial charge in [-0.3, -0.25) is 0 Å². The highest BCUT2D eigenvalue weighted by molar-refractivity contribution is 7.90. The number of nitrogen functional groups attached to an aromatic ring is 3. The number of aromatic nitrogens is 4. The topological polar surface area (TPSA) is 233 Å². The largest absolute Gasteiger partial charge is 0.496 e. The monoisotopic (exact) mass is 780 g/mol. The van der Waals surface area contributed by atoms with Crippen molar-refractivity contribution in [3.05, 3.63) is 64.6 Å². The van der Waals surface area contributed by atoms with Gasteiger partial charge in [-0.05, 0) is 58.8 Å². The molecule has 5 rings (SSSR count). The van der Waals surface area contributed by atoms with Crippen LogP contribution in [-0.4, -0.2) is 66.6 Å². The van der Waals surface area contributed by atoms with Crippen molar-refractivity contribution < 1.29 is 32.5 Å². The summed E-state index contributed by atoms with van der Waals surface area (Å²) >= 11 is 1.63. The summed E-state index contributed by atoms with van der Waals surface area (Å²) in [6.45, 7) is 9.95. The van der Waals surface area contributed by atoms with E-state index in [1.165, 1.54) is 25.6 Å². The number of benzene rings is 2. The molecule has 54 heavy (non-hydrogen) atoms. The van der Waals surface area contributed by atoms with Crippen LogP contribution in [0.2, 0.25) is 0 Å². The quantitative estimate of drug-likeness (QED) is 0.0774. The van der Waals surface area contributed by atoms with Gasteiger partial charge in [0.1, 0.15) is 27.9 Å². The van der Waals surface area contributed by atoms with Crippen LogP contribution in [0.5, 0.6) is 34.5 Å². The molecule has 0 aliphatic carbocycles. The lowest BCUT2D eigenvalue weighted by Gasteiger charge is -2.18. The van der Waals surface area contributed by atoms with Gasteiger partial charge in [0.2, 0.25) is 11.9 Å². The molecule has 17 heteroatoms. The fourth-order valence-corrected chi connectivity index (χ4v) is 6.66. The van der Waals surface area contributed by atoms with Crippen LogP contribution in [0.4, 0.5) is 23.5 Å². The SMILES string of the molecule is CC[C@H](CO)Nc1ncc(Oc2cc(S(C)(=O)=O)c(OC)cc2C(C)C)c(N)n1.COc1cc(C(C)C)c(Oc2cnc(N)nc2N)cc1-c1ccsc1. The Morgan fingerprint density at radius 2 is 1.39 bits per heavy atom. The number of sulfone groups is 1. The van der Waals surface area contributed by atoms with Gasteiger partial charge in [0.05, 0.1) is 39.3 Å². The lowest BCUT2D eigenvalue weighted by Crippen LogP contribution is -2.24. The molecule has 2 aromatic carbocycles. The molecule has 8 N–H and O–H groups in total. The van der Waals surface area contributed by atoms with Crippen LogP contribution in [0.15, 0.2) is 58.4 Å². The van der Waals surface area contributed by atoms with E-state index in [2.05, 4.69) is 44.5 Å². The molecule has 0 saturated carbocycles. The first kappa shape index (κ1) is 41.4. The fourth-order valence-electron chi connectivity index (χ4n) is 5.18. The number of nitrogens with two attached hydrogens (primary N) is 3. The van der Waals surface area contributed by atoms with E-state index in [1.54, 1.807) is 24.5 Å². The number of anilines is 4. The minimum atomic E-state index is -3.54. The summed E-state index contributed by atoms with van der Waals surface area (Å²) in [7, 11) is -0.453. The molecule has 290 valence electrons. The van der Waals surface area contributed by atoms with E-state index < -0.39 is 9.84 Å². The zero-order valence-electron chi connectivity index (χ0n) is 31.6. The first-order valence-corrected chi connectivity index (χ1v) is 19.8. The normalized spacial score (nSPS) is 11.8. The first-order chi connectivity index (χ1) is 25.6. The second-order valence-corrected chi connectivity index (χ2v) is 15.5. The van der Waals surface area contributed by atoms with Crippen LogP contribution in [0.3, 0.4) is 0 Å². The van der Waals surface area contributed by atoms with Crippen molar-refractivity contribution in [2.75, 3.05) is 49.6 Å². The maximum atomic E-state index is 12.2. The summed E-state index contributed by atoms with van der Waals surface area (Å²) in [4.78, 5) is 16.3. The molecular formula is C37H48N8O7S2. The third-order valence-electron chi connectivity index (χ3n) is 8.17. The highest BCUT2D eigenvalue weighted by Crippen LogP contribution is 2.42. The number of aliphatic hydroxyl groups excluding tert-OH is 1. The molecule has 0 saturated heterocycles. The predicted molar refractivity (Wildman–Crippen MR) is 213 cm³/mol. The van der Waals surface area contributed by atoms with Gasteiger partial charge in [-0.1, -0.05) is 34.6 Å². The highest BCUT2D eigenvalue weighted by Gasteiger charge is 2.22. The molecule has 0 bridgehead atoms. The summed E-state index contributed by atoms with van der Waals surface area (Å²) < 4.78 is 47.1. The second kappa shape index (κ2) is 18.1. The number of nitrogens with zero attached hydrogens (tertiary/aromatic N) is 4. The minimum Gasteiger partial charge on any atom is -0.496 e. The van der Waals surface area contributed by atoms with Gasteiger partial charge >= 0.3 is 0 Å². The molecule has 0 amide bonds. The number of hydrogen-bond donors (Lipinski definition) is 5. The van der Waals surface area contributed by atoms with E-state index in [-0.39, 0.29) is 64.4 Å². The molecule has 5 aromatic rings. The van der Waals surface area contributed by atoms with Crippen molar-refractivity contribution in [1.82, 2.24) is 19.9 Å². The number of thiophene rings is 1. The van der Waals surface area contributed by atoms with Crippen molar-refractivity contribution >= 4 is 44.7 Å². The minimum absolute atomic E-state index is 0.0194. The molecular weight excluding hydrogens is 733 g/mol. The molecule has 0 aliphatic heterocycles. The van der Waals surface area contributed by atoms with Gasteiger partial charge < -0.3 is 46.6 Å². The highest BCUT2D eigenvalue weighted by atomic mass is 32.2. The molecule has 3 aromatic heterocycles. The summed E-state index contributed by atoms with van der Waals surface area (Å²) in [5.41, 5.74) is 21.3. The van der Waals surface area contributed by atoms with Crippen LogP contribution in [-0.2, 0) is 9.84 Å². The Morgan fingerprint density at radius 3 is 1.87 bits per heavy atom. The van der Waals surface area contributed by atoms with Gasteiger partial charge in [-0.2, -0.15) is 21.3 Å². The predicted octanol–water partition coefficient (Wildman–Crippen LogP) is 6.86. The summed E-state index contributed by atoms with van der Waals surface area (Å²) in [6, 6.07) is 8.90. The second-order valence-electron chi connectivity index (χ2n) is 12.8. The Labute approximate surface area is 319 Å². The third-order valence-corrected chi connectivity index (χ3v) is 9.98. The van der Waals surface area contributed by atoms with E-state index in [0.717, 1.165) is 34.3 Å². The lowest BCUT2D eigenvalue weighted by molar-refractivity contribution is 0.271. The zero-order chi connectivity index (χ0) is 39.7. The zero-order valence-corrected chi connectivity index (χ0v) is 33.2. The number of nitrogens with one attached hydrogen (secondary N) is 1. The molecule has 0 aliphatic rings. The standard InChI is InChI=1S/C19H28N4O5S.C18H20N4O2S/c1-6-12(10-24)22-19-21-9-16(18(20)23-19)28-14-8-17(29(5,25)26)15(27-4)7-13(14)11(2)3;1-10(2)12-6-14(23-3)13(11-4-5-25-9-11)7-15(12)24-16-8-21-18(20)22-17(16)19/h7-9,11-12,24H,6,10H2,1-5H3,(H3,20,21,22,23);4-10H,1-3H3,(H4,19,20,21,22)/t12-;/m1./s1. The molecule has 3 heterocycles. The van der Waals surface area contributed by atoms with Crippen molar-refractivity contribution in [3.63, 3.8) is 0 Å². The maximum absolute atomic E-state index is 12.2. The van der Waals surface area contributed by atoms with E-state index in [9.17, 15) is 13.5 Å². The molecule has 1 atom stereocenters. The smallest absolute Gasteiger partial charge is 0.225 e. The van der Waals surface area contributed by atoms with Gasteiger partial charge in [0, 0.05) is 29.0 Å². The number of rotatable bonds is 14. The van der Waals surface area contributed by atoms with E-state index in [1.807, 2.05) is 44.4 Å². The summed E-state index contributed by atoms with van der Waals surface area (Å²) in [5, 5.41) is 16.4. The molecule has 0 radical (unpaired) electrons. The number of hydrogen-bond acceptors (Lipinski definition) is 16. The van der Waals surface area contributed by atoms with Crippen molar-refractivity contribution in [3.8, 4) is 45.6 Å². The van der Waals surface area contributed by atoms with Crippen LogP contribution in [0.25, 0.3) is 11.1 Å². The number of aliphatic hydroxyl groups is 1. The van der Waals surface area contributed by atoms with E-state index in [4.69, 9.17) is 36.1 Å². The Hall–Kier alpha value is -5.39. The van der Waals surface area contributed by atoms with Crippen LogP contribution in [0.1, 0.15) is 64.0 Å². The molecule has 0 spiro atoms. The van der Waals surface area contributed by atoms with Crippen LogP contribution < -0.4 is 41.5 Å². The van der Waals surface area contributed by atoms with Crippen LogP contribution >= 0.6 is 11.3 Å².